The summed E-state index contributed by atoms with van der Waals surface area (Å²) in [4.78, 5) is 0. The lowest BCUT2D eigenvalue weighted by molar-refractivity contribution is 0.0526. The Hall–Kier alpha value is 0.440. The standard InChI is InChI=1S/C10H19BrO/c1-2-3-4-5-9-6-7-10(8-11)12-9/h9-10H,2-8H2,1H3. The van der Waals surface area contributed by atoms with Gasteiger partial charge in [0.2, 0.25) is 0 Å². The summed E-state index contributed by atoms with van der Waals surface area (Å²) in [5, 5.41) is 1.01. The highest BCUT2D eigenvalue weighted by molar-refractivity contribution is 9.09. The van der Waals surface area contributed by atoms with Crippen LogP contribution in [0.25, 0.3) is 0 Å². The number of ether oxygens (including phenoxy) is 1. The molecule has 12 heavy (non-hydrogen) atoms. The van der Waals surface area contributed by atoms with Gasteiger partial charge in [0, 0.05) is 5.33 Å². The highest BCUT2D eigenvalue weighted by atomic mass is 79.9. The number of unbranched alkanes of at least 4 members (excludes halogenated alkanes) is 2. The zero-order valence-corrected chi connectivity index (χ0v) is 9.48. The van der Waals surface area contributed by atoms with Crippen LogP contribution in [0.1, 0.15) is 45.4 Å². The van der Waals surface area contributed by atoms with Crippen molar-refractivity contribution in [2.75, 3.05) is 5.33 Å². The number of halogens is 1. The second kappa shape index (κ2) is 5.98. The van der Waals surface area contributed by atoms with Gasteiger partial charge in [0.1, 0.15) is 0 Å². The molecule has 0 aromatic heterocycles. The van der Waals surface area contributed by atoms with E-state index in [1.807, 2.05) is 0 Å². The predicted molar refractivity (Wildman–Crippen MR) is 55.8 cm³/mol. The van der Waals surface area contributed by atoms with Gasteiger partial charge in [-0.3, -0.25) is 0 Å². The number of hydrogen-bond acceptors (Lipinski definition) is 1. The van der Waals surface area contributed by atoms with Crippen LogP contribution in [-0.4, -0.2) is 17.5 Å². The summed E-state index contributed by atoms with van der Waals surface area (Å²) in [5.74, 6) is 0. The molecule has 0 aromatic carbocycles. The third-order valence-electron chi connectivity index (χ3n) is 2.50. The Kier molecular flexibility index (Phi) is 5.24. The van der Waals surface area contributed by atoms with E-state index in [0.717, 1.165) is 5.33 Å². The Morgan fingerprint density at radius 1 is 1.25 bits per heavy atom. The monoisotopic (exact) mass is 234 g/mol. The third kappa shape index (κ3) is 3.44. The average molecular weight is 235 g/mol. The Balaban J connectivity index is 2.03. The fourth-order valence-corrected chi connectivity index (χ4v) is 2.20. The minimum Gasteiger partial charge on any atom is -0.374 e. The highest BCUT2D eigenvalue weighted by Crippen LogP contribution is 2.24. The van der Waals surface area contributed by atoms with Crippen LogP contribution in [0.3, 0.4) is 0 Å². The second-order valence-electron chi connectivity index (χ2n) is 3.61. The molecule has 1 aliphatic heterocycles. The summed E-state index contributed by atoms with van der Waals surface area (Å²) >= 11 is 3.46. The van der Waals surface area contributed by atoms with Gasteiger partial charge in [-0.05, 0) is 19.3 Å². The summed E-state index contributed by atoms with van der Waals surface area (Å²) in [6.07, 6.45) is 8.89. The smallest absolute Gasteiger partial charge is 0.0676 e. The molecule has 1 nitrogen and oxygen atoms in total. The van der Waals surface area contributed by atoms with Crippen LogP contribution in [-0.2, 0) is 4.74 Å². The summed E-state index contributed by atoms with van der Waals surface area (Å²) in [6.45, 7) is 2.25. The quantitative estimate of drug-likeness (QED) is 0.523. The van der Waals surface area contributed by atoms with E-state index < -0.39 is 0 Å². The van der Waals surface area contributed by atoms with Crippen molar-refractivity contribution in [2.24, 2.45) is 0 Å². The molecule has 2 unspecified atom stereocenters. The Bertz CT molecular complexity index is 116. The largest absolute Gasteiger partial charge is 0.374 e. The molecule has 0 radical (unpaired) electrons. The van der Waals surface area contributed by atoms with Gasteiger partial charge in [0.15, 0.2) is 0 Å². The van der Waals surface area contributed by atoms with Gasteiger partial charge in [0.25, 0.3) is 0 Å². The second-order valence-corrected chi connectivity index (χ2v) is 4.26. The van der Waals surface area contributed by atoms with Crippen LogP contribution in [0.4, 0.5) is 0 Å². The van der Waals surface area contributed by atoms with Gasteiger partial charge >= 0.3 is 0 Å². The van der Waals surface area contributed by atoms with E-state index in [4.69, 9.17) is 4.74 Å². The Labute approximate surface area is 84.0 Å². The molecule has 0 spiro atoms. The molecule has 2 heteroatoms. The molecule has 0 bridgehead atoms. The number of rotatable bonds is 5. The topological polar surface area (TPSA) is 9.23 Å². The van der Waals surface area contributed by atoms with Crippen molar-refractivity contribution in [1.29, 1.82) is 0 Å². The zero-order valence-electron chi connectivity index (χ0n) is 7.89. The van der Waals surface area contributed by atoms with E-state index >= 15 is 0 Å². The first-order chi connectivity index (χ1) is 5.86. The van der Waals surface area contributed by atoms with Gasteiger partial charge in [-0.25, -0.2) is 0 Å². The average Bonchev–Trinajstić information content (AvgIpc) is 2.53. The van der Waals surface area contributed by atoms with E-state index in [-0.39, 0.29) is 0 Å². The van der Waals surface area contributed by atoms with E-state index in [9.17, 15) is 0 Å². The van der Waals surface area contributed by atoms with Crippen LogP contribution < -0.4 is 0 Å². The SMILES string of the molecule is CCCCCC1CCC(CBr)O1. The molecular weight excluding hydrogens is 216 g/mol. The summed E-state index contributed by atoms with van der Waals surface area (Å²) < 4.78 is 5.81. The first-order valence-electron chi connectivity index (χ1n) is 5.08. The maximum absolute atomic E-state index is 5.81. The van der Waals surface area contributed by atoms with Crippen molar-refractivity contribution in [3.05, 3.63) is 0 Å². The molecule has 1 rings (SSSR count). The van der Waals surface area contributed by atoms with Crippen molar-refractivity contribution in [1.82, 2.24) is 0 Å². The van der Waals surface area contributed by atoms with Crippen LogP contribution >= 0.6 is 15.9 Å². The van der Waals surface area contributed by atoms with Crippen molar-refractivity contribution in [3.8, 4) is 0 Å². The van der Waals surface area contributed by atoms with E-state index in [0.29, 0.717) is 12.2 Å². The lowest BCUT2D eigenvalue weighted by Gasteiger charge is -2.10. The van der Waals surface area contributed by atoms with Gasteiger partial charge in [-0.15, -0.1) is 0 Å². The van der Waals surface area contributed by atoms with Crippen molar-refractivity contribution in [2.45, 2.75) is 57.7 Å². The van der Waals surface area contributed by atoms with Gasteiger partial charge < -0.3 is 4.74 Å². The number of alkyl halides is 1. The molecule has 1 aliphatic rings. The van der Waals surface area contributed by atoms with Crippen LogP contribution in [0, 0.1) is 0 Å². The van der Waals surface area contributed by atoms with Crippen LogP contribution in [0.5, 0.6) is 0 Å². The third-order valence-corrected chi connectivity index (χ3v) is 3.22. The van der Waals surface area contributed by atoms with E-state index in [2.05, 4.69) is 22.9 Å². The summed E-state index contributed by atoms with van der Waals surface area (Å²) in [7, 11) is 0. The molecule has 0 aliphatic carbocycles. The zero-order chi connectivity index (χ0) is 8.81. The molecule has 2 atom stereocenters. The van der Waals surface area contributed by atoms with Crippen molar-refractivity contribution < 1.29 is 4.74 Å². The van der Waals surface area contributed by atoms with Gasteiger partial charge in [0.05, 0.1) is 12.2 Å². The summed E-state index contributed by atoms with van der Waals surface area (Å²) in [6, 6.07) is 0. The Morgan fingerprint density at radius 3 is 2.58 bits per heavy atom. The lowest BCUT2D eigenvalue weighted by atomic mass is 10.1. The minimum absolute atomic E-state index is 0.497. The maximum atomic E-state index is 5.81. The molecule has 1 fully saturated rings. The molecule has 1 saturated heterocycles. The number of hydrogen-bond donors (Lipinski definition) is 0. The lowest BCUT2D eigenvalue weighted by Crippen LogP contribution is -2.11. The van der Waals surface area contributed by atoms with Crippen LogP contribution in [0.2, 0.25) is 0 Å². The fraction of sp³-hybridized carbons (Fsp3) is 1.00. The molecular formula is C10H19BrO. The van der Waals surface area contributed by atoms with E-state index in [1.165, 1.54) is 38.5 Å². The predicted octanol–water partition coefficient (Wildman–Crippen LogP) is 3.51. The van der Waals surface area contributed by atoms with Gasteiger partial charge in [-0.2, -0.15) is 0 Å². The summed E-state index contributed by atoms with van der Waals surface area (Å²) in [5.41, 5.74) is 0. The first kappa shape index (κ1) is 10.5. The molecule has 72 valence electrons. The fourth-order valence-electron chi connectivity index (χ4n) is 1.73. The molecule has 0 saturated carbocycles. The van der Waals surface area contributed by atoms with Crippen LogP contribution in [0.15, 0.2) is 0 Å². The Morgan fingerprint density at radius 2 is 2.00 bits per heavy atom. The molecule has 0 N–H and O–H groups in total. The molecule has 1 heterocycles. The maximum Gasteiger partial charge on any atom is 0.0676 e. The highest BCUT2D eigenvalue weighted by Gasteiger charge is 2.23. The van der Waals surface area contributed by atoms with Crippen molar-refractivity contribution in [3.63, 3.8) is 0 Å². The minimum atomic E-state index is 0.497. The van der Waals surface area contributed by atoms with Gasteiger partial charge in [-0.1, -0.05) is 42.1 Å². The van der Waals surface area contributed by atoms with E-state index in [1.54, 1.807) is 0 Å². The van der Waals surface area contributed by atoms with Crippen molar-refractivity contribution >= 4 is 15.9 Å². The molecule has 0 amide bonds. The first-order valence-corrected chi connectivity index (χ1v) is 6.20. The molecule has 0 aromatic rings. The normalized spacial score (nSPS) is 29.5.